The number of rotatable bonds is 1. The van der Waals surface area contributed by atoms with E-state index in [9.17, 15) is 9.28 Å². The van der Waals surface area contributed by atoms with Gasteiger partial charge in [-0.25, -0.2) is 9.98 Å². The van der Waals surface area contributed by atoms with Crippen LogP contribution in [0.5, 0.6) is 0 Å². The summed E-state index contributed by atoms with van der Waals surface area (Å²) in [5, 5.41) is 0.379. The van der Waals surface area contributed by atoms with E-state index in [4.69, 9.17) is 11.6 Å². The average Bonchev–Trinajstić information content (AvgIpc) is 2.26. The first-order valence-corrected chi connectivity index (χ1v) is 4.85. The second-order valence-corrected chi connectivity index (χ2v) is 3.58. The largest absolute Gasteiger partial charge is 0.286 e. The monoisotopic (exact) mass is 242 g/mol. The lowest BCUT2D eigenvalue weighted by Crippen LogP contribution is -2.25. The van der Waals surface area contributed by atoms with Gasteiger partial charge in [0.2, 0.25) is 5.28 Å². The molecular formula is C9H8ClFN4O. The van der Waals surface area contributed by atoms with Gasteiger partial charge in [-0.2, -0.15) is 5.12 Å². The van der Waals surface area contributed by atoms with Gasteiger partial charge in [-0.05, 0) is 17.7 Å². The SMILES string of the molecule is Cn1c(Cl)nc(C2C=CN=CN2F)cc1=O. The van der Waals surface area contributed by atoms with Crippen molar-refractivity contribution in [1.82, 2.24) is 14.7 Å². The Hall–Kier alpha value is -1.69. The molecule has 0 spiro atoms. The maximum absolute atomic E-state index is 13.3. The molecule has 2 heterocycles. The van der Waals surface area contributed by atoms with Gasteiger partial charge in [0.15, 0.2) is 0 Å². The summed E-state index contributed by atoms with van der Waals surface area (Å²) in [6.07, 6.45) is 3.93. The average molecular weight is 243 g/mol. The van der Waals surface area contributed by atoms with Crippen LogP contribution in [0.3, 0.4) is 0 Å². The second kappa shape index (κ2) is 4.05. The molecule has 0 aliphatic carbocycles. The fourth-order valence-corrected chi connectivity index (χ4v) is 1.47. The molecule has 0 bridgehead atoms. The van der Waals surface area contributed by atoms with Crippen LogP contribution in [-0.4, -0.2) is 21.0 Å². The highest BCUT2D eigenvalue weighted by Gasteiger charge is 2.20. The molecule has 16 heavy (non-hydrogen) atoms. The van der Waals surface area contributed by atoms with Crippen LogP contribution in [0.15, 0.2) is 28.1 Å². The number of aliphatic imine (C=N–C) groups is 1. The smallest absolute Gasteiger partial charge is 0.254 e. The number of nitrogens with zero attached hydrogens (tertiary/aromatic N) is 4. The predicted octanol–water partition coefficient (Wildman–Crippen LogP) is 1.22. The molecule has 1 aromatic heterocycles. The minimum absolute atomic E-state index is 0.0202. The van der Waals surface area contributed by atoms with E-state index in [1.54, 1.807) is 0 Å². The summed E-state index contributed by atoms with van der Waals surface area (Å²) in [5.41, 5.74) is -0.0858. The first-order valence-electron chi connectivity index (χ1n) is 4.47. The van der Waals surface area contributed by atoms with E-state index in [1.165, 1.54) is 30.0 Å². The molecule has 0 aromatic carbocycles. The van der Waals surface area contributed by atoms with E-state index in [-0.39, 0.29) is 16.5 Å². The number of aromatic nitrogens is 2. The quantitative estimate of drug-likeness (QED) is 0.550. The molecule has 2 rings (SSSR count). The van der Waals surface area contributed by atoms with Crippen LogP contribution in [0.4, 0.5) is 4.48 Å². The zero-order valence-corrected chi connectivity index (χ0v) is 9.10. The lowest BCUT2D eigenvalue weighted by atomic mass is 10.2. The van der Waals surface area contributed by atoms with Gasteiger partial charge < -0.3 is 0 Å². The summed E-state index contributed by atoms with van der Waals surface area (Å²) in [4.78, 5) is 19.0. The summed E-state index contributed by atoms with van der Waals surface area (Å²) >= 11 is 5.74. The minimum atomic E-state index is -0.760. The van der Waals surface area contributed by atoms with E-state index in [0.29, 0.717) is 5.12 Å². The molecule has 0 saturated carbocycles. The van der Waals surface area contributed by atoms with Gasteiger partial charge in [-0.15, -0.1) is 0 Å². The zero-order chi connectivity index (χ0) is 11.7. The van der Waals surface area contributed by atoms with Crippen LogP contribution >= 0.6 is 11.6 Å². The number of halogens is 2. The first-order chi connectivity index (χ1) is 7.59. The molecule has 0 saturated heterocycles. The van der Waals surface area contributed by atoms with Gasteiger partial charge in [0.1, 0.15) is 12.4 Å². The van der Waals surface area contributed by atoms with E-state index < -0.39 is 6.04 Å². The summed E-state index contributed by atoms with van der Waals surface area (Å²) in [7, 11) is 1.49. The van der Waals surface area contributed by atoms with Crippen LogP contribution in [-0.2, 0) is 7.05 Å². The van der Waals surface area contributed by atoms with Gasteiger partial charge in [0, 0.05) is 19.3 Å². The van der Waals surface area contributed by atoms with Crippen LogP contribution < -0.4 is 5.56 Å². The highest BCUT2D eigenvalue weighted by atomic mass is 35.5. The predicted molar refractivity (Wildman–Crippen MR) is 57.8 cm³/mol. The molecule has 1 atom stereocenters. The number of hydrogen-bond donors (Lipinski definition) is 0. The standard InChI is InChI=1S/C9H8ClFN4O/c1-14-8(16)4-6(13-9(14)10)7-2-3-12-5-15(7)11/h2-5,7H,1H3. The Morgan fingerprint density at radius 2 is 2.31 bits per heavy atom. The molecule has 5 nitrogen and oxygen atoms in total. The van der Waals surface area contributed by atoms with Crippen LogP contribution in [0.25, 0.3) is 0 Å². The van der Waals surface area contributed by atoms with Crippen LogP contribution in [0.1, 0.15) is 11.7 Å². The molecule has 0 N–H and O–H groups in total. The van der Waals surface area contributed by atoms with E-state index >= 15 is 0 Å². The van der Waals surface area contributed by atoms with Crippen molar-refractivity contribution in [2.75, 3.05) is 0 Å². The Morgan fingerprint density at radius 1 is 1.56 bits per heavy atom. The van der Waals surface area contributed by atoms with Gasteiger partial charge in [0.05, 0.1) is 5.69 Å². The van der Waals surface area contributed by atoms with E-state index in [1.807, 2.05) is 0 Å². The summed E-state index contributed by atoms with van der Waals surface area (Å²) in [5.74, 6) is 0. The van der Waals surface area contributed by atoms with Gasteiger partial charge in [-0.1, -0.05) is 4.48 Å². The topological polar surface area (TPSA) is 50.5 Å². The summed E-state index contributed by atoms with van der Waals surface area (Å²) in [6.45, 7) is 0. The van der Waals surface area contributed by atoms with Crippen molar-refractivity contribution in [3.05, 3.63) is 39.7 Å². The van der Waals surface area contributed by atoms with E-state index in [2.05, 4.69) is 9.98 Å². The van der Waals surface area contributed by atoms with E-state index in [0.717, 1.165) is 6.34 Å². The van der Waals surface area contributed by atoms with Crippen molar-refractivity contribution < 1.29 is 4.48 Å². The van der Waals surface area contributed by atoms with Crippen molar-refractivity contribution in [3.63, 3.8) is 0 Å². The van der Waals surface area contributed by atoms with Crippen molar-refractivity contribution in [2.24, 2.45) is 12.0 Å². The van der Waals surface area contributed by atoms with Crippen molar-refractivity contribution in [2.45, 2.75) is 6.04 Å². The van der Waals surface area contributed by atoms with Crippen LogP contribution in [0, 0.1) is 0 Å². The summed E-state index contributed by atoms with van der Waals surface area (Å²) < 4.78 is 14.5. The van der Waals surface area contributed by atoms with Crippen molar-refractivity contribution in [3.8, 4) is 0 Å². The zero-order valence-electron chi connectivity index (χ0n) is 8.34. The highest BCUT2D eigenvalue weighted by molar-refractivity contribution is 6.28. The molecule has 1 aliphatic rings. The third-order valence-electron chi connectivity index (χ3n) is 2.20. The maximum atomic E-state index is 13.3. The molecule has 0 radical (unpaired) electrons. The molecule has 7 heteroatoms. The molecule has 1 aliphatic heterocycles. The Bertz CT molecular complexity index is 525. The minimum Gasteiger partial charge on any atom is -0.286 e. The fourth-order valence-electron chi connectivity index (χ4n) is 1.29. The van der Waals surface area contributed by atoms with Gasteiger partial charge >= 0.3 is 0 Å². The normalized spacial score (nSPS) is 19.2. The molecule has 1 unspecified atom stereocenters. The lowest BCUT2D eigenvalue weighted by Gasteiger charge is -2.19. The molecule has 1 aromatic rings. The first kappa shape index (κ1) is 10.8. The Balaban J connectivity index is 2.45. The molecule has 0 fully saturated rings. The number of hydrogen-bond acceptors (Lipinski definition) is 4. The third kappa shape index (κ3) is 1.83. The maximum Gasteiger partial charge on any atom is 0.254 e. The Kier molecular flexibility index (Phi) is 2.74. The van der Waals surface area contributed by atoms with Gasteiger partial charge in [0.25, 0.3) is 5.56 Å². The third-order valence-corrected chi connectivity index (χ3v) is 2.54. The van der Waals surface area contributed by atoms with Crippen LogP contribution in [0.2, 0.25) is 5.28 Å². The lowest BCUT2D eigenvalue weighted by molar-refractivity contribution is 0.0914. The molecular weight excluding hydrogens is 235 g/mol. The Labute approximate surface area is 95.4 Å². The van der Waals surface area contributed by atoms with Crippen molar-refractivity contribution in [1.29, 1.82) is 0 Å². The summed E-state index contributed by atoms with van der Waals surface area (Å²) in [6, 6.07) is 0.482. The Morgan fingerprint density at radius 3 is 2.94 bits per heavy atom. The molecule has 0 amide bonds. The highest BCUT2D eigenvalue weighted by Crippen LogP contribution is 2.21. The van der Waals surface area contributed by atoms with Gasteiger partial charge in [-0.3, -0.25) is 9.36 Å². The second-order valence-electron chi connectivity index (χ2n) is 3.24. The fraction of sp³-hybridized carbons (Fsp3) is 0.222. The van der Waals surface area contributed by atoms with Crippen molar-refractivity contribution >= 4 is 17.9 Å². The molecule has 84 valence electrons.